The summed E-state index contributed by atoms with van der Waals surface area (Å²) in [4.78, 5) is 6.88. The van der Waals surface area contributed by atoms with Gasteiger partial charge in [0, 0.05) is 44.6 Å². The number of piperazine rings is 1. The van der Waals surface area contributed by atoms with Gasteiger partial charge in [-0.05, 0) is 19.8 Å². The van der Waals surface area contributed by atoms with E-state index >= 15 is 0 Å². The summed E-state index contributed by atoms with van der Waals surface area (Å²) in [6.45, 7) is 7.45. The van der Waals surface area contributed by atoms with E-state index in [0.717, 1.165) is 25.3 Å². The maximum absolute atomic E-state index is 5.03. The molecular weight excluding hydrogens is 240 g/mol. The minimum atomic E-state index is 0.389. The van der Waals surface area contributed by atoms with E-state index in [0.29, 0.717) is 17.5 Å². The van der Waals surface area contributed by atoms with Crippen LogP contribution in [0.5, 0.6) is 0 Å². The predicted molar refractivity (Wildman–Crippen MR) is 73.0 cm³/mol. The van der Waals surface area contributed by atoms with Crippen LogP contribution in [-0.4, -0.2) is 46.3 Å². The Hall–Kier alpha value is -0.940. The van der Waals surface area contributed by atoms with Crippen molar-refractivity contribution in [1.29, 1.82) is 0 Å². The molecule has 0 bridgehead atoms. The van der Waals surface area contributed by atoms with Gasteiger partial charge in [0.05, 0.1) is 0 Å². The summed E-state index contributed by atoms with van der Waals surface area (Å²) >= 11 is 0. The van der Waals surface area contributed by atoms with Gasteiger partial charge in [-0.1, -0.05) is 18.0 Å². The molecule has 1 aromatic rings. The lowest BCUT2D eigenvalue weighted by Crippen LogP contribution is -2.62. The van der Waals surface area contributed by atoms with Gasteiger partial charge < -0.3 is 9.84 Å². The summed E-state index contributed by atoms with van der Waals surface area (Å²) in [6.07, 6.45) is 6.30. The largest absolute Gasteiger partial charge is 0.340 e. The third kappa shape index (κ3) is 2.82. The second-order valence-electron chi connectivity index (χ2n) is 6.17. The van der Waals surface area contributed by atoms with Gasteiger partial charge in [0.15, 0.2) is 5.82 Å². The van der Waals surface area contributed by atoms with E-state index in [1.54, 1.807) is 0 Å². The lowest BCUT2D eigenvalue weighted by Gasteiger charge is -2.45. The molecule has 1 saturated carbocycles. The van der Waals surface area contributed by atoms with E-state index in [1.165, 1.54) is 32.2 Å². The van der Waals surface area contributed by atoms with Gasteiger partial charge in [-0.15, -0.1) is 0 Å². The van der Waals surface area contributed by atoms with E-state index in [2.05, 4.69) is 27.3 Å². The Kier molecular flexibility index (Phi) is 3.58. The Balaban J connectivity index is 1.59. The van der Waals surface area contributed by atoms with Gasteiger partial charge >= 0.3 is 0 Å². The third-order valence-corrected chi connectivity index (χ3v) is 4.65. The molecule has 0 amide bonds. The van der Waals surface area contributed by atoms with Crippen LogP contribution in [0.1, 0.15) is 44.3 Å². The molecule has 1 unspecified atom stereocenters. The first-order valence-corrected chi connectivity index (χ1v) is 7.45. The van der Waals surface area contributed by atoms with Gasteiger partial charge in [-0.3, -0.25) is 4.90 Å². The fourth-order valence-corrected chi connectivity index (χ4v) is 3.47. The summed E-state index contributed by atoms with van der Waals surface area (Å²) < 4.78 is 5.03. The number of rotatable bonds is 3. The highest BCUT2D eigenvalue weighted by Gasteiger charge is 2.39. The number of aryl methyl sites for hydroxylation is 1. The van der Waals surface area contributed by atoms with E-state index in [-0.39, 0.29) is 0 Å². The summed E-state index contributed by atoms with van der Waals surface area (Å²) in [5.74, 6) is 1.50. The van der Waals surface area contributed by atoms with Crippen LogP contribution in [0.4, 0.5) is 0 Å². The Morgan fingerprint density at radius 2 is 2.21 bits per heavy atom. The number of nitrogens with one attached hydrogen (secondary N) is 1. The molecule has 5 heteroatoms. The highest BCUT2D eigenvalue weighted by molar-refractivity contribution is 5.00. The molecule has 2 fully saturated rings. The van der Waals surface area contributed by atoms with E-state index in [4.69, 9.17) is 4.52 Å². The van der Waals surface area contributed by atoms with Crippen molar-refractivity contribution in [3.8, 4) is 0 Å². The molecule has 1 atom stereocenters. The Labute approximate surface area is 114 Å². The van der Waals surface area contributed by atoms with Gasteiger partial charge in [-0.2, -0.15) is 4.98 Å². The molecule has 2 heterocycles. The first-order valence-electron chi connectivity index (χ1n) is 7.45. The minimum absolute atomic E-state index is 0.389. The highest BCUT2D eigenvalue weighted by atomic mass is 16.5. The van der Waals surface area contributed by atoms with Gasteiger partial charge in [-0.25, -0.2) is 0 Å². The average molecular weight is 264 g/mol. The zero-order valence-corrected chi connectivity index (χ0v) is 12.0. The van der Waals surface area contributed by atoms with Crippen LogP contribution in [0.25, 0.3) is 0 Å². The van der Waals surface area contributed by atoms with E-state index in [9.17, 15) is 0 Å². The molecule has 5 nitrogen and oxygen atoms in total. The monoisotopic (exact) mass is 264 g/mol. The van der Waals surface area contributed by atoms with Crippen molar-refractivity contribution in [3.63, 3.8) is 0 Å². The summed E-state index contributed by atoms with van der Waals surface area (Å²) in [7, 11) is 0. The number of hydrogen-bond acceptors (Lipinski definition) is 5. The normalized spacial score (nSPS) is 27.2. The molecule has 1 aliphatic heterocycles. The first kappa shape index (κ1) is 13.1. The molecule has 19 heavy (non-hydrogen) atoms. The first-order chi connectivity index (χ1) is 9.17. The number of hydrogen-bond donors (Lipinski definition) is 1. The van der Waals surface area contributed by atoms with Crippen molar-refractivity contribution < 1.29 is 4.52 Å². The predicted octanol–water partition coefficient (Wildman–Crippen LogP) is 1.53. The van der Waals surface area contributed by atoms with Crippen molar-refractivity contribution in [2.45, 2.75) is 57.5 Å². The SMILES string of the molecule is Cc1nc(CCN2CC3(CCCC3)NCC2C)no1. The Morgan fingerprint density at radius 1 is 1.42 bits per heavy atom. The van der Waals surface area contributed by atoms with Gasteiger partial charge in [0.1, 0.15) is 0 Å². The van der Waals surface area contributed by atoms with Crippen molar-refractivity contribution >= 4 is 0 Å². The fraction of sp³-hybridized carbons (Fsp3) is 0.857. The summed E-state index contributed by atoms with van der Waals surface area (Å²) in [5.41, 5.74) is 0.389. The molecule has 1 aromatic heterocycles. The second kappa shape index (κ2) is 5.21. The lowest BCUT2D eigenvalue weighted by atomic mass is 9.92. The van der Waals surface area contributed by atoms with Crippen LogP contribution in [-0.2, 0) is 6.42 Å². The molecule has 1 N–H and O–H groups in total. The van der Waals surface area contributed by atoms with Crippen LogP contribution >= 0.6 is 0 Å². The fourth-order valence-electron chi connectivity index (χ4n) is 3.47. The van der Waals surface area contributed by atoms with Gasteiger partial charge in [0.25, 0.3) is 0 Å². The zero-order valence-electron chi connectivity index (χ0n) is 12.0. The minimum Gasteiger partial charge on any atom is -0.340 e. The van der Waals surface area contributed by atoms with Crippen molar-refractivity contribution in [2.75, 3.05) is 19.6 Å². The van der Waals surface area contributed by atoms with E-state index < -0.39 is 0 Å². The molecule has 0 radical (unpaired) electrons. The average Bonchev–Trinajstić information content (AvgIpc) is 3.01. The molecule has 3 rings (SSSR count). The standard InChI is InChI=1S/C14H24N4O/c1-11-9-15-14(6-3-4-7-14)10-18(11)8-5-13-16-12(2)19-17-13/h11,15H,3-10H2,1-2H3. The van der Waals surface area contributed by atoms with E-state index in [1.807, 2.05) is 6.92 Å². The molecule has 1 aliphatic carbocycles. The van der Waals surface area contributed by atoms with Crippen molar-refractivity contribution in [3.05, 3.63) is 11.7 Å². The van der Waals surface area contributed by atoms with Crippen LogP contribution < -0.4 is 5.32 Å². The third-order valence-electron chi connectivity index (χ3n) is 4.65. The van der Waals surface area contributed by atoms with Crippen molar-refractivity contribution in [1.82, 2.24) is 20.4 Å². The lowest BCUT2D eigenvalue weighted by molar-refractivity contribution is 0.0897. The zero-order chi connectivity index (χ0) is 13.3. The molecule has 1 saturated heterocycles. The smallest absolute Gasteiger partial charge is 0.223 e. The van der Waals surface area contributed by atoms with Gasteiger partial charge in [0.2, 0.25) is 5.89 Å². The summed E-state index contributed by atoms with van der Waals surface area (Å²) in [6, 6.07) is 0.597. The quantitative estimate of drug-likeness (QED) is 0.897. The summed E-state index contributed by atoms with van der Waals surface area (Å²) in [5, 5.41) is 7.77. The van der Waals surface area contributed by atoms with Crippen LogP contribution in [0, 0.1) is 6.92 Å². The maximum Gasteiger partial charge on any atom is 0.223 e. The number of nitrogens with zero attached hydrogens (tertiary/aromatic N) is 3. The van der Waals surface area contributed by atoms with Crippen molar-refractivity contribution in [2.24, 2.45) is 0 Å². The number of aromatic nitrogens is 2. The molecular formula is C14H24N4O. The second-order valence-corrected chi connectivity index (χ2v) is 6.17. The topological polar surface area (TPSA) is 54.2 Å². The maximum atomic E-state index is 5.03. The molecule has 1 spiro atoms. The van der Waals surface area contributed by atoms with Crippen LogP contribution in [0.2, 0.25) is 0 Å². The highest BCUT2D eigenvalue weighted by Crippen LogP contribution is 2.33. The van der Waals surface area contributed by atoms with Crippen LogP contribution in [0.15, 0.2) is 4.52 Å². The Morgan fingerprint density at radius 3 is 2.89 bits per heavy atom. The van der Waals surface area contributed by atoms with Crippen LogP contribution in [0.3, 0.4) is 0 Å². The Bertz CT molecular complexity index is 425. The molecule has 106 valence electrons. The molecule has 0 aromatic carbocycles. The molecule has 2 aliphatic rings.